The molecule has 0 aromatic heterocycles. The Labute approximate surface area is 149 Å². The third kappa shape index (κ3) is 4.82. The molecular formula is C19H24N2O3S. The van der Waals surface area contributed by atoms with E-state index < -0.39 is 10.0 Å². The minimum atomic E-state index is -3.66. The molecule has 0 fully saturated rings. The molecule has 0 heterocycles. The Morgan fingerprint density at radius 3 is 2.20 bits per heavy atom. The number of carbonyl (C=O) groups is 1. The predicted octanol–water partition coefficient (Wildman–Crippen LogP) is 3.29. The molecule has 1 N–H and O–H groups in total. The standard InChI is InChI=1S/C19H24N2O3S/c1-15(2)13-14-20-19(22)16-9-11-18(12-10-16)25(23,24)21(3)17-7-5-4-6-8-17/h4-12,15H,13-14H2,1-3H3,(H,20,22). The minimum Gasteiger partial charge on any atom is -0.352 e. The second-order valence-electron chi connectivity index (χ2n) is 6.27. The fourth-order valence-corrected chi connectivity index (χ4v) is 3.49. The maximum atomic E-state index is 12.7. The third-order valence-electron chi connectivity index (χ3n) is 3.90. The number of benzene rings is 2. The Morgan fingerprint density at radius 2 is 1.64 bits per heavy atom. The monoisotopic (exact) mass is 360 g/mol. The van der Waals surface area contributed by atoms with Crippen LogP contribution >= 0.6 is 0 Å². The van der Waals surface area contributed by atoms with E-state index in [0.29, 0.717) is 23.7 Å². The molecule has 0 aliphatic rings. The minimum absolute atomic E-state index is 0.151. The number of hydrogen-bond donors (Lipinski definition) is 1. The Morgan fingerprint density at radius 1 is 1.04 bits per heavy atom. The maximum absolute atomic E-state index is 12.7. The number of amides is 1. The number of anilines is 1. The summed E-state index contributed by atoms with van der Waals surface area (Å²) in [6.07, 6.45) is 0.903. The van der Waals surface area contributed by atoms with Gasteiger partial charge >= 0.3 is 0 Å². The van der Waals surface area contributed by atoms with Gasteiger partial charge in [-0.2, -0.15) is 0 Å². The van der Waals surface area contributed by atoms with Crippen molar-refractivity contribution in [1.82, 2.24) is 5.32 Å². The van der Waals surface area contributed by atoms with Crippen LogP contribution in [-0.4, -0.2) is 27.9 Å². The average molecular weight is 360 g/mol. The van der Waals surface area contributed by atoms with Gasteiger partial charge in [0.05, 0.1) is 10.6 Å². The van der Waals surface area contributed by atoms with E-state index in [1.54, 1.807) is 24.3 Å². The van der Waals surface area contributed by atoms with Crippen molar-refractivity contribution in [2.75, 3.05) is 17.9 Å². The molecule has 25 heavy (non-hydrogen) atoms. The van der Waals surface area contributed by atoms with Gasteiger partial charge in [0.15, 0.2) is 0 Å². The van der Waals surface area contributed by atoms with Crippen LogP contribution in [0.4, 0.5) is 5.69 Å². The van der Waals surface area contributed by atoms with Crippen molar-refractivity contribution < 1.29 is 13.2 Å². The van der Waals surface area contributed by atoms with Gasteiger partial charge in [-0.3, -0.25) is 9.10 Å². The normalized spacial score (nSPS) is 11.4. The summed E-state index contributed by atoms with van der Waals surface area (Å²) in [5.74, 6) is 0.322. The van der Waals surface area contributed by atoms with Crippen LogP contribution < -0.4 is 9.62 Å². The second-order valence-corrected chi connectivity index (χ2v) is 8.24. The highest BCUT2D eigenvalue weighted by Crippen LogP contribution is 2.21. The molecule has 0 saturated carbocycles. The fraction of sp³-hybridized carbons (Fsp3) is 0.316. The second kappa shape index (κ2) is 8.16. The highest BCUT2D eigenvalue weighted by Gasteiger charge is 2.21. The molecule has 0 bridgehead atoms. The summed E-state index contributed by atoms with van der Waals surface area (Å²) in [7, 11) is -2.15. The summed E-state index contributed by atoms with van der Waals surface area (Å²) in [6, 6.07) is 14.9. The van der Waals surface area contributed by atoms with E-state index in [0.717, 1.165) is 6.42 Å². The number of nitrogens with zero attached hydrogens (tertiary/aromatic N) is 1. The van der Waals surface area contributed by atoms with Crippen LogP contribution in [-0.2, 0) is 10.0 Å². The van der Waals surface area contributed by atoms with Gasteiger partial charge in [0.2, 0.25) is 0 Å². The van der Waals surface area contributed by atoms with Gasteiger partial charge in [0.25, 0.3) is 15.9 Å². The molecule has 2 rings (SSSR count). The van der Waals surface area contributed by atoms with Gasteiger partial charge in [-0.15, -0.1) is 0 Å². The highest BCUT2D eigenvalue weighted by atomic mass is 32.2. The van der Waals surface area contributed by atoms with Gasteiger partial charge in [0.1, 0.15) is 0 Å². The van der Waals surface area contributed by atoms with Gasteiger partial charge in [-0.05, 0) is 48.7 Å². The van der Waals surface area contributed by atoms with Crippen LogP contribution in [0.25, 0.3) is 0 Å². The summed E-state index contributed by atoms with van der Waals surface area (Å²) in [6.45, 7) is 4.79. The van der Waals surface area contributed by atoms with Crippen molar-refractivity contribution in [3.63, 3.8) is 0 Å². The maximum Gasteiger partial charge on any atom is 0.264 e. The van der Waals surface area contributed by atoms with Crippen LogP contribution in [0.1, 0.15) is 30.6 Å². The zero-order chi connectivity index (χ0) is 18.4. The molecule has 0 aliphatic carbocycles. The van der Waals surface area contributed by atoms with Crippen molar-refractivity contribution in [1.29, 1.82) is 0 Å². The molecule has 2 aromatic rings. The zero-order valence-corrected chi connectivity index (χ0v) is 15.6. The molecule has 0 atom stereocenters. The predicted molar refractivity (Wildman–Crippen MR) is 100 cm³/mol. The summed E-state index contributed by atoms with van der Waals surface area (Å²) >= 11 is 0. The Balaban J connectivity index is 2.12. The van der Waals surface area contributed by atoms with Crippen molar-refractivity contribution in [3.8, 4) is 0 Å². The van der Waals surface area contributed by atoms with E-state index in [1.165, 1.54) is 35.6 Å². The Bertz CT molecular complexity index is 800. The molecule has 134 valence electrons. The lowest BCUT2D eigenvalue weighted by Gasteiger charge is -2.19. The van der Waals surface area contributed by atoms with Crippen molar-refractivity contribution in [2.45, 2.75) is 25.2 Å². The first-order chi connectivity index (χ1) is 11.8. The van der Waals surface area contributed by atoms with Gasteiger partial charge < -0.3 is 5.32 Å². The van der Waals surface area contributed by atoms with Crippen LogP contribution in [0.3, 0.4) is 0 Å². The van der Waals surface area contributed by atoms with Crippen LogP contribution in [0.15, 0.2) is 59.5 Å². The largest absolute Gasteiger partial charge is 0.352 e. The van der Waals surface area contributed by atoms with E-state index in [1.807, 2.05) is 6.07 Å². The Kier molecular flexibility index (Phi) is 6.20. The lowest BCUT2D eigenvalue weighted by Crippen LogP contribution is -2.27. The first kappa shape index (κ1) is 19.0. The first-order valence-corrected chi connectivity index (χ1v) is 9.68. The molecule has 0 spiro atoms. The van der Waals surface area contributed by atoms with Crippen LogP contribution in [0.2, 0.25) is 0 Å². The fourth-order valence-electron chi connectivity index (χ4n) is 2.29. The van der Waals surface area contributed by atoms with Crippen LogP contribution in [0.5, 0.6) is 0 Å². The lowest BCUT2D eigenvalue weighted by atomic mass is 10.1. The molecule has 1 amide bonds. The molecular weight excluding hydrogens is 336 g/mol. The molecule has 2 aromatic carbocycles. The molecule has 0 aliphatic heterocycles. The third-order valence-corrected chi connectivity index (χ3v) is 5.70. The average Bonchev–Trinajstić information content (AvgIpc) is 2.61. The number of para-hydroxylation sites is 1. The molecule has 6 heteroatoms. The van der Waals surface area contributed by atoms with E-state index in [4.69, 9.17) is 0 Å². The summed E-state index contributed by atoms with van der Waals surface area (Å²) in [5.41, 5.74) is 1.03. The van der Waals surface area contributed by atoms with E-state index in [9.17, 15) is 13.2 Å². The molecule has 0 unspecified atom stereocenters. The summed E-state index contributed by atoms with van der Waals surface area (Å²) in [5, 5.41) is 2.84. The topological polar surface area (TPSA) is 66.5 Å². The van der Waals surface area contributed by atoms with E-state index >= 15 is 0 Å². The molecule has 0 saturated heterocycles. The number of nitrogens with one attached hydrogen (secondary N) is 1. The van der Waals surface area contributed by atoms with Gasteiger partial charge in [-0.25, -0.2) is 8.42 Å². The number of carbonyl (C=O) groups excluding carboxylic acids is 1. The van der Waals surface area contributed by atoms with Crippen molar-refractivity contribution >= 4 is 21.6 Å². The van der Waals surface area contributed by atoms with Crippen molar-refractivity contribution in [2.24, 2.45) is 5.92 Å². The lowest BCUT2D eigenvalue weighted by molar-refractivity contribution is 0.0952. The summed E-state index contributed by atoms with van der Waals surface area (Å²) < 4.78 is 26.6. The van der Waals surface area contributed by atoms with Crippen molar-refractivity contribution in [3.05, 3.63) is 60.2 Å². The smallest absolute Gasteiger partial charge is 0.264 e. The highest BCUT2D eigenvalue weighted by molar-refractivity contribution is 7.92. The van der Waals surface area contributed by atoms with Gasteiger partial charge in [0, 0.05) is 19.2 Å². The zero-order valence-electron chi connectivity index (χ0n) is 14.8. The molecule has 5 nitrogen and oxygen atoms in total. The van der Waals surface area contributed by atoms with Gasteiger partial charge in [-0.1, -0.05) is 32.0 Å². The van der Waals surface area contributed by atoms with E-state index in [2.05, 4.69) is 19.2 Å². The molecule has 0 radical (unpaired) electrons. The first-order valence-electron chi connectivity index (χ1n) is 8.24. The van der Waals surface area contributed by atoms with Crippen LogP contribution in [0, 0.1) is 5.92 Å². The summed E-state index contributed by atoms with van der Waals surface area (Å²) in [4.78, 5) is 12.2. The quantitative estimate of drug-likeness (QED) is 0.824. The number of rotatable bonds is 7. The Hall–Kier alpha value is -2.34. The number of sulfonamides is 1. The number of hydrogen-bond acceptors (Lipinski definition) is 3. The van der Waals surface area contributed by atoms with E-state index in [-0.39, 0.29) is 10.8 Å². The SMILES string of the molecule is CC(C)CCNC(=O)c1ccc(S(=O)(=O)N(C)c2ccccc2)cc1.